The zero-order chi connectivity index (χ0) is 9.59. The van der Waals surface area contributed by atoms with Gasteiger partial charge in [-0.3, -0.25) is 0 Å². The summed E-state index contributed by atoms with van der Waals surface area (Å²) in [5, 5.41) is 0. The molecule has 2 rings (SSSR count). The van der Waals surface area contributed by atoms with Crippen molar-refractivity contribution in [3.63, 3.8) is 0 Å². The van der Waals surface area contributed by atoms with Crippen LogP contribution in [0.4, 0.5) is 13.2 Å². The summed E-state index contributed by atoms with van der Waals surface area (Å²) in [6.45, 7) is 0. The number of benzene rings is 1. The number of hydrogen-bond donors (Lipinski definition) is 0. The SMILES string of the molecule is Fc1cc(F)c2sc(I)nc2c1F. The molecule has 0 saturated heterocycles. The fourth-order valence-electron chi connectivity index (χ4n) is 0.958. The molecule has 0 amide bonds. The van der Waals surface area contributed by atoms with Crippen LogP contribution in [-0.2, 0) is 0 Å². The minimum atomic E-state index is -1.20. The summed E-state index contributed by atoms with van der Waals surface area (Å²) in [5.41, 5.74) is -0.230. The zero-order valence-corrected chi connectivity index (χ0v) is 8.92. The van der Waals surface area contributed by atoms with Crippen LogP contribution in [0.1, 0.15) is 0 Å². The Kier molecular flexibility index (Phi) is 2.18. The van der Waals surface area contributed by atoms with Crippen molar-refractivity contribution in [2.75, 3.05) is 0 Å². The quantitative estimate of drug-likeness (QED) is 0.537. The van der Waals surface area contributed by atoms with E-state index in [1.54, 1.807) is 0 Å². The predicted octanol–water partition coefficient (Wildman–Crippen LogP) is 3.32. The predicted molar refractivity (Wildman–Crippen MR) is 52.2 cm³/mol. The van der Waals surface area contributed by atoms with Crippen LogP contribution in [0.15, 0.2) is 6.07 Å². The number of nitrogens with zero attached hydrogens (tertiary/aromatic N) is 1. The summed E-state index contributed by atoms with van der Waals surface area (Å²) in [6, 6.07) is 0.534. The first-order valence-electron chi connectivity index (χ1n) is 3.19. The molecule has 0 aliphatic rings. The molecular formula is C7HF3INS. The Bertz CT molecular complexity index is 482. The monoisotopic (exact) mass is 315 g/mol. The van der Waals surface area contributed by atoms with Gasteiger partial charge in [0, 0.05) is 6.07 Å². The standard InChI is InChI=1S/C7HF3INS/c8-2-1-3(9)6-5(4(2)10)12-7(11)13-6/h1H. The molecule has 0 spiro atoms. The van der Waals surface area contributed by atoms with Gasteiger partial charge in [-0.05, 0) is 22.6 Å². The lowest BCUT2D eigenvalue weighted by Gasteiger charge is -1.93. The second-order valence-electron chi connectivity index (χ2n) is 2.30. The fraction of sp³-hybridized carbons (Fsp3) is 0. The van der Waals surface area contributed by atoms with Gasteiger partial charge in [0.2, 0.25) is 0 Å². The molecule has 2 aromatic rings. The lowest BCUT2D eigenvalue weighted by atomic mass is 10.3. The highest BCUT2D eigenvalue weighted by atomic mass is 127. The van der Waals surface area contributed by atoms with Crippen LogP contribution >= 0.6 is 33.9 Å². The number of halogens is 4. The van der Waals surface area contributed by atoms with Crippen LogP contribution in [0.2, 0.25) is 0 Å². The number of aromatic nitrogens is 1. The highest BCUT2D eigenvalue weighted by molar-refractivity contribution is 14.1. The van der Waals surface area contributed by atoms with Gasteiger partial charge >= 0.3 is 0 Å². The molecule has 1 nitrogen and oxygen atoms in total. The van der Waals surface area contributed by atoms with Crippen LogP contribution in [0.5, 0.6) is 0 Å². The van der Waals surface area contributed by atoms with E-state index >= 15 is 0 Å². The lowest BCUT2D eigenvalue weighted by Crippen LogP contribution is -1.88. The number of fused-ring (bicyclic) bond motifs is 1. The van der Waals surface area contributed by atoms with Crippen molar-refractivity contribution in [1.29, 1.82) is 0 Å². The van der Waals surface area contributed by atoms with E-state index in [-0.39, 0.29) is 10.2 Å². The highest BCUT2D eigenvalue weighted by Gasteiger charge is 2.15. The van der Waals surface area contributed by atoms with E-state index in [1.165, 1.54) is 0 Å². The molecule has 0 radical (unpaired) electrons. The molecule has 0 aliphatic carbocycles. The molecule has 0 saturated carbocycles. The number of rotatable bonds is 0. The fourth-order valence-corrected chi connectivity index (χ4v) is 2.55. The lowest BCUT2D eigenvalue weighted by molar-refractivity contribution is 0.505. The maximum absolute atomic E-state index is 13.0. The van der Waals surface area contributed by atoms with E-state index in [9.17, 15) is 13.2 Å². The van der Waals surface area contributed by atoms with E-state index in [1.807, 2.05) is 22.6 Å². The van der Waals surface area contributed by atoms with Crippen molar-refractivity contribution < 1.29 is 13.2 Å². The molecule has 0 atom stereocenters. The minimum Gasteiger partial charge on any atom is -0.227 e. The number of hydrogen-bond acceptors (Lipinski definition) is 2. The van der Waals surface area contributed by atoms with Gasteiger partial charge in [0.1, 0.15) is 11.3 Å². The van der Waals surface area contributed by atoms with Crippen molar-refractivity contribution in [2.45, 2.75) is 0 Å². The van der Waals surface area contributed by atoms with Crippen molar-refractivity contribution >= 4 is 44.1 Å². The smallest absolute Gasteiger partial charge is 0.186 e. The Morgan fingerprint density at radius 3 is 2.62 bits per heavy atom. The van der Waals surface area contributed by atoms with Gasteiger partial charge < -0.3 is 0 Å². The first-order chi connectivity index (χ1) is 6.09. The Balaban J connectivity index is 2.95. The third-order valence-corrected chi connectivity index (χ3v) is 3.24. The summed E-state index contributed by atoms with van der Waals surface area (Å²) in [4.78, 5) is 3.68. The van der Waals surface area contributed by atoms with E-state index in [4.69, 9.17) is 0 Å². The molecule has 0 unspecified atom stereocenters. The van der Waals surface area contributed by atoms with Crippen LogP contribution < -0.4 is 0 Å². The zero-order valence-electron chi connectivity index (χ0n) is 5.94. The Morgan fingerprint density at radius 2 is 1.92 bits per heavy atom. The molecule has 0 fully saturated rings. The van der Waals surface area contributed by atoms with Gasteiger partial charge in [0.25, 0.3) is 0 Å². The molecule has 0 N–H and O–H groups in total. The van der Waals surface area contributed by atoms with Crippen LogP contribution in [-0.4, -0.2) is 4.98 Å². The van der Waals surface area contributed by atoms with E-state index in [2.05, 4.69) is 4.98 Å². The van der Waals surface area contributed by atoms with E-state index < -0.39 is 17.5 Å². The van der Waals surface area contributed by atoms with Gasteiger partial charge in [-0.25, -0.2) is 18.2 Å². The maximum atomic E-state index is 13.0. The molecule has 13 heavy (non-hydrogen) atoms. The summed E-state index contributed by atoms with van der Waals surface area (Å²) < 4.78 is 39.2. The summed E-state index contributed by atoms with van der Waals surface area (Å²) in [5.74, 6) is -3.06. The average Bonchev–Trinajstić information content (AvgIpc) is 2.44. The number of thiazole rings is 1. The Morgan fingerprint density at radius 1 is 1.23 bits per heavy atom. The Labute approximate surface area is 88.7 Å². The first-order valence-corrected chi connectivity index (χ1v) is 5.08. The third-order valence-electron chi connectivity index (χ3n) is 1.49. The van der Waals surface area contributed by atoms with Crippen LogP contribution in [0, 0.1) is 20.5 Å². The van der Waals surface area contributed by atoms with E-state index in [0.717, 1.165) is 11.3 Å². The molecule has 68 valence electrons. The molecule has 0 aliphatic heterocycles. The van der Waals surface area contributed by atoms with Crippen LogP contribution in [0.25, 0.3) is 10.2 Å². The maximum Gasteiger partial charge on any atom is 0.186 e. The van der Waals surface area contributed by atoms with Crippen molar-refractivity contribution in [3.05, 3.63) is 26.5 Å². The summed E-state index contributed by atoms with van der Waals surface area (Å²) in [6.07, 6.45) is 0. The van der Waals surface area contributed by atoms with Gasteiger partial charge in [-0.2, -0.15) is 0 Å². The molecule has 1 heterocycles. The molecule has 1 aromatic carbocycles. The van der Waals surface area contributed by atoms with Crippen molar-refractivity contribution in [2.24, 2.45) is 0 Å². The van der Waals surface area contributed by atoms with Crippen molar-refractivity contribution in [1.82, 2.24) is 4.98 Å². The normalized spacial score (nSPS) is 11.1. The molecular weight excluding hydrogens is 314 g/mol. The third kappa shape index (κ3) is 1.41. The topological polar surface area (TPSA) is 12.9 Å². The average molecular weight is 315 g/mol. The second-order valence-corrected chi connectivity index (χ2v) is 5.05. The largest absolute Gasteiger partial charge is 0.227 e. The van der Waals surface area contributed by atoms with Gasteiger partial charge in [-0.1, -0.05) is 0 Å². The van der Waals surface area contributed by atoms with E-state index in [0.29, 0.717) is 9.08 Å². The van der Waals surface area contributed by atoms with Gasteiger partial charge in [-0.15, -0.1) is 11.3 Å². The van der Waals surface area contributed by atoms with Gasteiger partial charge in [0.15, 0.2) is 14.6 Å². The summed E-state index contributed by atoms with van der Waals surface area (Å²) in [7, 11) is 0. The van der Waals surface area contributed by atoms with Crippen LogP contribution in [0.3, 0.4) is 0 Å². The van der Waals surface area contributed by atoms with Gasteiger partial charge in [0.05, 0.1) is 4.70 Å². The molecule has 6 heteroatoms. The summed E-state index contributed by atoms with van der Waals surface area (Å²) >= 11 is 2.83. The Hall–Kier alpha value is -0.370. The minimum absolute atomic E-state index is 0.0586. The highest BCUT2D eigenvalue weighted by Crippen LogP contribution is 2.29. The first kappa shape index (κ1) is 9.20. The van der Waals surface area contributed by atoms with Crippen molar-refractivity contribution in [3.8, 4) is 0 Å². The molecule has 1 aromatic heterocycles. The molecule has 0 bridgehead atoms. The second kappa shape index (κ2) is 3.09.